The van der Waals surface area contributed by atoms with Crippen LogP contribution in [0.15, 0.2) is 42.5 Å². The SMILES string of the molecule is CCc1nc(C(=O)NCc2cccc3ccccc23)n[nH]1. The average Bonchev–Trinajstić information content (AvgIpc) is 3.01. The zero-order valence-electron chi connectivity index (χ0n) is 11.8. The number of nitrogens with one attached hydrogen (secondary N) is 2. The third-order valence-corrected chi connectivity index (χ3v) is 3.39. The number of H-pyrrole nitrogens is 1. The quantitative estimate of drug-likeness (QED) is 0.771. The molecule has 0 saturated carbocycles. The summed E-state index contributed by atoms with van der Waals surface area (Å²) in [5.41, 5.74) is 1.08. The van der Waals surface area contributed by atoms with E-state index in [2.05, 4.69) is 38.7 Å². The standard InChI is InChI=1S/C16H16N4O/c1-2-14-18-15(20-19-14)16(21)17-10-12-8-5-7-11-6-3-4-9-13(11)12/h3-9H,2,10H2,1H3,(H,17,21)(H,18,19,20). The first-order valence-electron chi connectivity index (χ1n) is 6.94. The second kappa shape index (κ2) is 5.75. The molecule has 0 fully saturated rings. The summed E-state index contributed by atoms with van der Waals surface area (Å²) >= 11 is 0. The molecule has 21 heavy (non-hydrogen) atoms. The molecule has 0 saturated heterocycles. The van der Waals surface area contributed by atoms with Crippen LogP contribution >= 0.6 is 0 Å². The van der Waals surface area contributed by atoms with Gasteiger partial charge in [0.15, 0.2) is 0 Å². The zero-order chi connectivity index (χ0) is 14.7. The minimum Gasteiger partial charge on any atom is -0.345 e. The van der Waals surface area contributed by atoms with Gasteiger partial charge in [-0.2, -0.15) is 0 Å². The molecule has 5 heteroatoms. The Morgan fingerprint density at radius 2 is 2.00 bits per heavy atom. The Morgan fingerprint density at radius 1 is 1.19 bits per heavy atom. The maximum absolute atomic E-state index is 12.0. The Balaban J connectivity index is 1.75. The number of rotatable bonds is 4. The van der Waals surface area contributed by atoms with E-state index in [1.165, 1.54) is 0 Å². The van der Waals surface area contributed by atoms with Crippen molar-refractivity contribution in [1.29, 1.82) is 0 Å². The topological polar surface area (TPSA) is 70.7 Å². The van der Waals surface area contributed by atoms with Crippen LogP contribution in [0.1, 0.15) is 28.9 Å². The fourth-order valence-electron chi connectivity index (χ4n) is 2.26. The number of aromatic nitrogens is 3. The first-order valence-corrected chi connectivity index (χ1v) is 6.94. The van der Waals surface area contributed by atoms with Crippen molar-refractivity contribution < 1.29 is 4.79 Å². The summed E-state index contributed by atoms with van der Waals surface area (Å²) in [5, 5.41) is 11.8. The van der Waals surface area contributed by atoms with Crippen LogP contribution in [0.3, 0.4) is 0 Å². The molecule has 1 aromatic heterocycles. The molecule has 0 bridgehead atoms. The lowest BCUT2D eigenvalue weighted by Crippen LogP contribution is -2.24. The van der Waals surface area contributed by atoms with Crippen molar-refractivity contribution in [2.75, 3.05) is 0 Å². The van der Waals surface area contributed by atoms with E-state index in [9.17, 15) is 4.79 Å². The Labute approximate surface area is 122 Å². The van der Waals surface area contributed by atoms with E-state index in [-0.39, 0.29) is 11.7 Å². The van der Waals surface area contributed by atoms with Crippen LogP contribution in [0.5, 0.6) is 0 Å². The number of nitrogens with zero attached hydrogens (tertiary/aromatic N) is 2. The first-order chi connectivity index (χ1) is 10.3. The van der Waals surface area contributed by atoms with E-state index in [0.29, 0.717) is 12.4 Å². The normalized spacial score (nSPS) is 10.7. The first kappa shape index (κ1) is 13.3. The monoisotopic (exact) mass is 280 g/mol. The third kappa shape index (κ3) is 2.76. The van der Waals surface area contributed by atoms with Gasteiger partial charge in [0.25, 0.3) is 5.91 Å². The summed E-state index contributed by atoms with van der Waals surface area (Å²) in [6.07, 6.45) is 0.726. The fourth-order valence-corrected chi connectivity index (χ4v) is 2.26. The van der Waals surface area contributed by atoms with E-state index >= 15 is 0 Å². The molecule has 0 radical (unpaired) electrons. The lowest BCUT2D eigenvalue weighted by Gasteiger charge is -2.07. The zero-order valence-corrected chi connectivity index (χ0v) is 11.8. The smallest absolute Gasteiger partial charge is 0.291 e. The lowest BCUT2D eigenvalue weighted by molar-refractivity contribution is 0.0941. The minimum absolute atomic E-state index is 0.187. The molecule has 0 aliphatic carbocycles. The van der Waals surface area contributed by atoms with Crippen molar-refractivity contribution in [3.8, 4) is 0 Å². The molecular formula is C16H16N4O. The molecule has 3 rings (SSSR count). The molecule has 5 nitrogen and oxygen atoms in total. The lowest BCUT2D eigenvalue weighted by atomic mass is 10.0. The molecule has 0 aliphatic rings. The van der Waals surface area contributed by atoms with E-state index in [1.807, 2.05) is 31.2 Å². The van der Waals surface area contributed by atoms with Gasteiger partial charge in [-0.25, -0.2) is 4.98 Å². The number of aryl methyl sites for hydroxylation is 1. The van der Waals surface area contributed by atoms with Gasteiger partial charge in [-0.1, -0.05) is 49.4 Å². The van der Waals surface area contributed by atoms with Gasteiger partial charge in [0.05, 0.1) is 0 Å². The second-order valence-electron chi connectivity index (χ2n) is 4.78. The number of aromatic amines is 1. The Hall–Kier alpha value is -2.69. The van der Waals surface area contributed by atoms with Crippen LogP contribution in [0.4, 0.5) is 0 Å². The largest absolute Gasteiger partial charge is 0.345 e. The van der Waals surface area contributed by atoms with Crippen molar-refractivity contribution in [3.05, 3.63) is 59.7 Å². The highest BCUT2D eigenvalue weighted by Gasteiger charge is 2.11. The highest BCUT2D eigenvalue weighted by Crippen LogP contribution is 2.18. The summed E-state index contributed by atoms with van der Waals surface area (Å²) in [7, 11) is 0. The summed E-state index contributed by atoms with van der Waals surface area (Å²) in [4.78, 5) is 16.2. The van der Waals surface area contributed by atoms with E-state index in [1.54, 1.807) is 0 Å². The molecule has 0 atom stereocenters. The van der Waals surface area contributed by atoms with Crippen molar-refractivity contribution in [1.82, 2.24) is 20.5 Å². The van der Waals surface area contributed by atoms with Crippen LogP contribution in [0, 0.1) is 0 Å². The highest BCUT2D eigenvalue weighted by atomic mass is 16.2. The summed E-state index contributed by atoms with van der Waals surface area (Å²) in [5.74, 6) is 0.635. The Bertz CT molecular complexity index is 773. The molecular weight excluding hydrogens is 264 g/mol. The molecule has 1 heterocycles. The van der Waals surface area contributed by atoms with Crippen LogP contribution in [-0.2, 0) is 13.0 Å². The predicted octanol–water partition coefficient (Wildman–Crippen LogP) is 2.45. The number of fused-ring (bicyclic) bond motifs is 1. The van der Waals surface area contributed by atoms with Gasteiger partial charge in [-0.3, -0.25) is 9.89 Å². The molecule has 0 aliphatic heterocycles. The maximum Gasteiger partial charge on any atom is 0.291 e. The van der Waals surface area contributed by atoms with E-state index in [0.717, 1.165) is 22.8 Å². The van der Waals surface area contributed by atoms with Crippen molar-refractivity contribution >= 4 is 16.7 Å². The van der Waals surface area contributed by atoms with Crippen LogP contribution in [0.25, 0.3) is 10.8 Å². The Kier molecular flexibility index (Phi) is 3.64. The molecule has 0 spiro atoms. The Morgan fingerprint density at radius 3 is 2.81 bits per heavy atom. The molecule has 106 valence electrons. The van der Waals surface area contributed by atoms with Gasteiger partial charge in [-0.05, 0) is 16.3 Å². The molecule has 2 N–H and O–H groups in total. The molecule has 1 amide bonds. The van der Waals surface area contributed by atoms with Gasteiger partial charge >= 0.3 is 0 Å². The van der Waals surface area contributed by atoms with Gasteiger partial charge in [-0.15, -0.1) is 5.10 Å². The van der Waals surface area contributed by atoms with E-state index in [4.69, 9.17) is 0 Å². The number of carbonyl (C=O) groups excluding carboxylic acids is 1. The predicted molar refractivity (Wildman–Crippen MR) is 80.9 cm³/mol. The van der Waals surface area contributed by atoms with Gasteiger partial charge < -0.3 is 5.32 Å². The third-order valence-electron chi connectivity index (χ3n) is 3.39. The summed E-state index contributed by atoms with van der Waals surface area (Å²) in [6, 6.07) is 14.2. The summed E-state index contributed by atoms with van der Waals surface area (Å²) in [6.45, 7) is 2.41. The number of amides is 1. The number of hydrogen-bond donors (Lipinski definition) is 2. The molecule has 2 aromatic carbocycles. The van der Waals surface area contributed by atoms with Crippen LogP contribution in [-0.4, -0.2) is 21.1 Å². The molecule has 3 aromatic rings. The number of carbonyl (C=O) groups is 1. The van der Waals surface area contributed by atoms with E-state index < -0.39 is 0 Å². The van der Waals surface area contributed by atoms with Crippen molar-refractivity contribution in [2.45, 2.75) is 19.9 Å². The fraction of sp³-hybridized carbons (Fsp3) is 0.188. The minimum atomic E-state index is -0.265. The highest BCUT2D eigenvalue weighted by molar-refractivity contribution is 5.91. The van der Waals surface area contributed by atoms with Gasteiger partial charge in [0.2, 0.25) is 5.82 Å². The second-order valence-corrected chi connectivity index (χ2v) is 4.78. The van der Waals surface area contributed by atoms with Crippen molar-refractivity contribution in [2.24, 2.45) is 0 Å². The number of hydrogen-bond acceptors (Lipinski definition) is 3. The average molecular weight is 280 g/mol. The maximum atomic E-state index is 12.0. The molecule has 0 unspecified atom stereocenters. The van der Waals surface area contributed by atoms with Gasteiger partial charge in [0.1, 0.15) is 5.82 Å². The number of benzene rings is 2. The van der Waals surface area contributed by atoms with Gasteiger partial charge in [0, 0.05) is 13.0 Å². The van der Waals surface area contributed by atoms with Crippen molar-refractivity contribution in [3.63, 3.8) is 0 Å². The van der Waals surface area contributed by atoms with Crippen LogP contribution in [0.2, 0.25) is 0 Å². The summed E-state index contributed by atoms with van der Waals surface area (Å²) < 4.78 is 0. The van der Waals surface area contributed by atoms with Crippen LogP contribution < -0.4 is 5.32 Å².